The van der Waals surface area contributed by atoms with Crippen LogP contribution in [0.1, 0.15) is 19.3 Å². The van der Waals surface area contributed by atoms with Gasteiger partial charge in [0.2, 0.25) is 0 Å². The average Bonchev–Trinajstić information content (AvgIpc) is 2.36. The Hall–Kier alpha value is -1.34. The Morgan fingerprint density at radius 1 is 1.24 bits per heavy atom. The van der Waals surface area contributed by atoms with Crippen molar-refractivity contribution in [1.29, 1.82) is 0 Å². The van der Waals surface area contributed by atoms with Crippen molar-refractivity contribution in [2.75, 3.05) is 54.5 Å². The molecule has 1 N–H and O–H groups in total. The number of urea groups is 1. The molecule has 1 aliphatic carbocycles. The van der Waals surface area contributed by atoms with Crippen LogP contribution in [0.4, 0.5) is 4.79 Å². The summed E-state index contributed by atoms with van der Waals surface area (Å²) in [5.74, 6) is -1.01. The molecule has 0 bridgehead atoms. The van der Waals surface area contributed by atoms with Gasteiger partial charge in [-0.3, -0.25) is 4.79 Å². The summed E-state index contributed by atoms with van der Waals surface area (Å²) in [7, 11) is 7.31. The largest absolute Gasteiger partial charge is 0.480 e. The molecule has 7 nitrogen and oxygen atoms in total. The predicted molar refractivity (Wildman–Crippen MR) is 79.4 cm³/mol. The van der Waals surface area contributed by atoms with Gasteiger partial charge in [0.05, 0.1) is 6.61 Å². The molecule has 0 aromatic rings. The Bertz CT molecular complexity index is 369. The van der Waals surface area contributed by atoms with E-state index in [1.165, 1.54) is 18.4 Å². The molecule has 7 heteroatoms. The van der Waals surface area contributed by atoms with E-state index in [2.05, 4.69) is 4.90 Å². The maximum Gasteiger partial charge on any atom is 0.323 e. The molecule has 0 aromatic heterocycles. The molecule has 2 amide bonds. The number of carbonyl (C=O) groups excluding carboxylic acids is 1. The smallest absolute Gasteiger partial charge is 0.323 e. The normalized spacial score (nSPS) is 16.4. The molecule has 0 aliphatic heterocycles. The summed E-state index contributed by atoms with van der Waals surface area (Å²) in [6, 6.07) is -0.262. The van der Waals surface area contributed by atoms with E-state index in [1.54, 1.807) is 11.9 Å². The minimum Gasteiger partial charge on any atom is -0.480 e. The first kappa shape index (κ1) is 17.7. The molecule has 0 spiro atoms. The maximum absolute atomic E-state index is 12.4. The SMILES string of the molecule is COCCN(CC(=O)O)C(=O)N(C)CC1(N(C)C)CCC1. The quantitative estimate of drug-likeness (QED) is 0.709. The highest BCUT2D eigenvalue weighted by molar-refractivity contribution is 5.80. The first-order chi connectivity index (χ1) is 9.82. The highest BCUT2D eigenvalue weighted by Crippen LogP contribution is 2.36. The van der Waals surface area contributed by atoms with E-state index in [-0.39, 0.29) is 24.7 Å². The highest BCUT2D eigenvalue weighted by Gasteiger charge is 2.41. The van der Waals surface area contributed by atoms with Crippen LogP contribution in [0.3, 0.4) is 0 Å². The Labute approximate surface area is 126 Å². The van der Waals surface area contributed by atoms with Crippen molar-refractivity contribution in [2.24, 2.45) is 0 Å². The number of carboxylic acid groups (broad SMARTS) is 1. The van der Waals surface area contributed by atoms with Crippen LogP contribution in [-0.2, 0) is 9.53 Å². The van der Waals surface area contributed by atoms with E-state index < -0.39 is 5.97 Å². The molecule has 0 radical (unpaired) electrons. The molecule has 0 saturated heterocycles. The van der Waals surface area contributed by atoms with Gasteiger partial charge in [0, 0.05) is 32.8 Å². The molecule has 1 fully saturated rings. The maximum atomic E-state index is 12.4. The fourth-order valence-corrected chi connectivity index (χ4v) is 2.69. The van der Waals surface area contributed by atoms with Gasteiger partial charge < -0.3 is 24.5 Å². The van der Waals surface area contributed by atoms with Crippen molar-refractivity contribution in [2.45, 2.75) is 24.8 Å². The summed E-state index contributed by atoms with van der Waals surface area (Å²) in [5.41, 5.74) is 0.0283. The number of carbonyl (C=O) groups is 2. The molecular formula is C14H27N3O4. The summed E-state index contributed by atoms with van der Waals surface area (Å²) in [5, 5.41) is 8.93. The van der Waals surface area contributed by atoms with Crippen molar-refractivity contribution in [1.82, 2.24) is 14.7 Å². The van der Waals surface area contributed by atoms with Crippen molar-refractivity contribution in [3.63, 3.8) is 0 Å². The van der Waals surface area contributed by atoms with Gasteiger partial charge in [-0.1, -0.05) is 0 Å². The summed E-state index contributed by atoms with van der Waals surface area (Å²) >= 11 is 0. The number of hydrogen-bond acceptors (Lipinski definition) is 4. The van der Waals surface area contributed by atoms with Crippen LogP contribution in [0.15, 0.2) is 0 Å². The molecule has 0 heterocycles. The monoisotopic (exact) mass is 301 g/mol. The Kier molecular flexibility index (Phi) is 6.42. The lowest BCUT2D eigenvalue weighted by Gasteiger charge is -2.49. The Morgan fingerprint density at radius 3 is 2.24 bits per heavy atom. The number of likely N-dealkylation sites (N-methyl/N-ethyl adjacent to an activating group) is 2. The Balaban J connectivity index is 2.66. The first-order valence-electron chi connectivity index (χ1n) is 7.20. The van der Waals surface area contributed by atoms with Crippen molar-refractivity contribution in [3.05, 3.63) is 0 Å². The molecule has 21 heavy (non-hydrogen) atoms. The lowest BCUT2D eigenvalue weighted by atomic mass is 9.75. The third kappa shape index (κ3) is 4.57. The zero-order valence-electron chi connectivity index (χ0n) is 13.5. The van der Waals surface area contributed by atoms with Crippen LogP contribution in [0.2, 0.25) is 0 Å². The van der Waals surface area contributed by atoms with Crippen LogP contribution >= 0.6 is 0 Å². The van der Waals surface area contributed by atoms with Gasteiger partial charge in [0.15, 0.2) is 0 Å². The third-order valence-electron chi connectivity index (χ3n) is 4.25. The number of hydrogen-bond donors (Lipinski definition) is 1. The van der Waals surface area contributed by atoms with Gasteiger partial charge in [-0.2, -0.15) is 0 Å². The zero-order valence-corrected chi connectivity index (χ0v) is 13.5. The standard InChI is InChI=1S/C14H27N3O4/c1-15(2)14(6-5-7-14)11-16(3)13(20)17(8-9-21-4)10-12(18)19/h5-11H2,1-4H3,(H,18,19). The van der Waals surface area contributed by atoms with E-state index in [0.29, 0.717) is 13.2 Å². The molecule has 0 atom stereocenters. The fraction of sp³-hybridized carbons (Fsp3) is 0.857. The second-order valence-corrected chi connectivity index (χ2v) is 5.92. The number of carboxylic acids is 1. The van der Waals surface area contributed by atoms with Crippen LogP contribution in [0.5, 0.6) is 0 Å². The molecule has 1 rings (SSSR count). The van der Waals surface area contributed by atoms with E-state index in [9.17, 15) is 9.59 Å². The van der Waals surface area contributed by atoms with Crippen molar-refractivity contribution in [3.8, 4) is 0 Å². The number of rotatable bonds is 8. The van der Waals surface area contributed by atoms with Crippen LogP contribution in [-0.4, -0.2) is 91.8 Å². The van der Waals surface area contributed by atoms with Crippen molar-refractivity contribution >= 4 is 12.0 Å². The lowest BCUT2D eigenvalue weighted by Crippen LogP contribution is -2.59. The minimum atomic E-state index is -1.01. The van der Waals surface area contributed by atoms with Crippen LogP contribution in [0, 0.1) is 0 Å². The van der Waals surface area contributed by atoms with E-state index >= 15 is 0 Å². The molecule has 0 aromatic carbocycles. The van der Waals surface area contributed by atoms with E-state index in [4.69, 9.17) is 9.84 Å². The number of amides is 2. The summed E-state index contributed by atoms with van der Waals surface area (Å²) in [6.07, 6.45) is 3.30. The summed E-state index contributed by atoms with van der Waals surface area (Å²) < 4.78 is 4.94. The number of aliphatic carboxylic acids is 1. The predicted octanol–water partition coefficient (Wildman–Crippen LogP) is 0.556. The average molecular weight is 301 g/mol. The van der Waals surface area contributed by atoms with E-state index in [0.717, 1.165) is 12.8 Å². The molecule has 122 valence electrons. The molecule has 0 unspecified atom stereocenters. The number of nitrogens with zero attached hydrogens (tertiary/aromatic N) is 3. The topological polar surface area (TPSA) is 73.3 Å². The van der Waals surface area contributed by atoms with Gasteiger partial charge in [0.25, 0.3) is 0 Å². The summed E-state index contributed by atoms with van der Waals surface area (Å²) in [6.45, 7) is 0.913. The molecule has 1 aliphatic rings. The Morgan fingerprint density at radius 2 is 1.86 bits per heavy atom. The third-order valence-corrected chi connectivity index (χ3v) is 4.25. The molecule has 1 saturated carbocycles. The number of ether oxygens (including phenoxy) is 1. The number of methoxy groups -OCH3 is 1. The van der Waals surface area contributed by atoms with Gasteiger partial charge in [-0.15, -0.1) is 0 Å². The van der Waals surface area contributed by atoms with Crippen LogP contribution in [0.25, 0.3) is 0 Å². The van der Waals surface area contributed by atoms with Gasteiger partial charge in [0.1, 0.15) is 6.54 Å². The molecular weight excluding hydrogens is 274 g/mol. The van der Waals surface area contributed by atoms with Crippen molar-refractivity contribution < 1.29 is 19.4 Å². The van der Waals surface area contributed by atoms with Gasteiger partial charge >= 0.3 is 12.0 Å². The zero-order chi connectivity index (χ0) is 16.0. The van der Waals surface area contributed by atoms with Crippen LogP contribution < -0.4 is 0 Å². The second-order valence-electron chi connectivity index (χ2n) is 5.92. The van der Waals surface area contributed by atoms with E-state index in [1.807, 2.05) is 14.1 Å². The first-order valence-corrected chi connectivity index (χ1v) is 7.20. The van der Waals surface area contributed by atoms with Gasteiger partial charge in [-0.05, 0) is 33.4 Å². The highest BCUT2D eigenvalue weighted by atomic mass is 16.5. The lowest BCUT2D eigenvalue weighted by molar-refractivity contribution is -0.137. The summed E-state index contributed by atoms with van der Waals surface area (Å²) in [4.78, 5) is 28.4. The second kappa shape index (κ2) is 7.61. The fourth-order valence-electron chi connectivity index (χ4n) is 2.69. The van der Waals surface area contributed by atoms with Gasteiger partial charge in [-0.25, -0.2) is 4.79 Å². The minimum absolute atomic E-state index is 0.0283.